The monoisotopic (exact) mass is 195 g/mol. The van der Waals surface area contributed by atoms with Crippen LogP contribution in [0.5, 0.6) is 0 Å². The Hall–Kier alpha value is -1.47. The Kier molecular flexibility index (Phi) is 2.18. The summed E-state index contributed by atoms with van der Waals surface area (Å²) in [6.07, 6.45) is 0. The first kappa shape index (κ1) is 9.10. The summed E-state index contributed by atoms with van der Waals surface area (Å²) < 4.78 is 0. The molecule has 2 rings (SSSR count). The second kappa shape index (κ2) is 3.35. The van der Waals surface area contributed by atoms with Gasteiger partial charge in [-0.1, -0.05) is 6.92 Å². The fourth-order valence-electron chi connectivity index (χ4n) is 1.48. The molecular formula is C7H13N7. The van der Waals surface area contributed by atoms with Gasteiger partial charge in [0.15, 0.2) is 5.82 Å². The third-order valence-electron chi connectivity index (χ3n) is 2.22. The quantitative estimate of drug-likeness (QED) is 0.446. The topological polar surface area (TPSA) is 115 Å². The SMILES string of the molecule is CC1CNNC1c1nc(N)nc(N)n1. The third kappa shape index (κ3) is 1.59. The summed E-state index contributed by atoms with van der Waals surface area (Å²) in [5.74, 6) is 1.31. The summed E-state index contributed by atoms with van der Waals surface area (Å²) >= 11 is 0. The molecule has 7 nitrogen and oxygen atoms in total. The molecule has 1 fully saturated rings. The lowest BCUT2D eigenvalue weighted by molar-refractivity contribution is 0.482. The first-order chi connectivity index (χ1) is 6.66. The van der Waals surface area contributed by atoms with Crippen molar-refractivity contribution >= 4 is 11.9 Å². The normalized spacial score (nSPS) is 26.6. The molecule has 7 heteroatoms. The summed E-state index contributed by atoms with van der Waals surface area (Å²) in [5.41, 5.74) is 17.1. The van der Waals surface area contributed by atoms with E-state index in [9.17, 15) is 0 Å². The highest BCUT2D eigenvalue weighted by Gasteiger charge is 2.27. The summed E-state index contributed by atoms with van der Waals surface area (Å²) in [5, 5.41) is 0. The molecule has 2 atom stereocenters. The van der Waals surface area contributed by atoms with Crippen molar-refractivity contribution in [2.45, 2.75) is 13.0 Å². The molecule has 0 aromatic carbocycles. The van der Waals surface area contributed by atoms with Crippen LogP contribution < -0.4 is 22.3 Å². The van der Waals surface area contributed by atoms with Crippen LogP contribution in [0.3, 0.4) is 0 Å². The Labute approximate surface area is 81.3 Å². The molecule has 0 spiro atoms. The number of nitrogens with two attached hydrogens (primary N) is 2. The summed E-state index contributed by atoms with van der Waals surface area (Å²) in [7, 11) is 0. The van der Waals surface area contributed by atoms with Crippen LogP contribution in [0.1, 0.15) is 18.8 Å². The van der Waals surface area contributed by atoms with Gasteiger partial charge in [0.1, 0.15) is 0 Å². The average Bonchev–Trinajstić information content (AvgIpc) is 2.49. The van der Waals surface area contributed by atoms with E-state index in [2.05, 4.69) is 32.7 Å². The van der Waals surface area contributed by atoms with Crippen molar-refractivity contribution in [3.63, 3.8) is 0 Å². The molecule has 0 amide bonds. The van der Waals surface area contributed by atoms with E-state index in [1.165, 1.54) is 0 Å². The van der Waals surface area contributed by atoms with E-state index in [1.807, 2.05) is 0 Å². The van der Waals surface area contributed by atoms with Crippen LogP contribution in [0, 0.1) is 5.92 Å². The molecule has 1 aliphatic rings. The molecule has 1 aliphatic heterocycles. The van der Waals surface area contributed by atoms with Crippen LogP contribution in [0.2, 0.25) is 0 Å². The van der Waals surface area contributed by atoms with Gasteiger partial charge >= 0.3 is 0 Å². The molecule has 0 aliphatic carbocycles. The van der Waals surface area contributed by atoms with Gasteiger partial charge in [-0.05, 0) is 5.92 Å². The molecule has 76 valence electrons. The molecule has 0 bridgehead atoms. The molecule has 6 N–H and O–H groups in total. The molecule has 0 radical (unpaired) electrons. The smallest absolute Gasteiger partial charge is 0.225 e. The Bertz CT molecular complexity index is 319. The minimum atomic E-state index is 0.0441. The Balaban J connectivity index is 2.31. The van der Waals surface area contributed by atoms with Crippen LogP contribution in [0.25, 0.3) is 0 Å². The number of hydrogen-bond acceptors (Lipinski definition) is 7. The van der Waals surface area contributed by atoms with Crippen LogP contribution in [0.15, 0.2) is 0 Å². The number of hydrazine groups is 1. The molecule has 2 unspecified atom stereocenters. The first-order valence-electron chi connectivity index (χ1n) is 4.42. The van der Waals surface area contributed by atoms with Gasteiger partial charge in [-0.25, -0.2) is 5.43 Å². The Morgan fingerprint density at radius 1 is 1.21 bits per heavy atom. The number of nitrogen functional groups attached to an aromatic ring is 2. The fraction of sp³-hybridized carbons (Fsp3) is 0.571. The Morgan fingerprint density at radius 2 is 1.86 bits per heavy atom. The van der Waals surface area contributed by atoms with E-state index < -0.39 is 0 Å². The predicted molar refractivity (Wildman–Crippen MR) is 51.7 cm³/mol. The van der Waals surface area contributed by atoms with Gasteiger partial charge < -0.3 is 11.5 Å². The number of rotatable bonds is 1. The van der Waals surface area contributed by atoms with Crippen LogP contribution in [0.4, 0.5) is 11.9 Å². The molecule has 0 saturated carbocycles. The average molecular weight is 195 g/mol. The lowest BCUT2D eigenvalue weighted by Crippen LogP contribution is -2.27. The molecule has 1 aromatic heterocycles. The number of nitrogens with one attached hydrogen (secondary N) is 2. The van der Waals surface area contributed by atoms with Crippen molar-refractivity contribution in [3.8, 4) is 0 Å². The van der Waals surface area contributed by atoms with Crippen LogP contribution >= 0.6 is 0 Å². The standard InChI is InChI=1S/C7H13N7/c1-3-2-10-14-4(3)5-11-6(8)13-7(9)12-5/h3-4,10,14H,2H2,1H3,(H4,8,9,11,12,13). The van der Waals surface area contributed by atoms with E-state index in [-0.39, 0.29) is 17.9 Å². The maximum atomic E-state index is 5.48. The third-order valence-corrected chi connectivity index (χ3v) is 2.22. The van der Waals surface area contributed by atoms with Gasteiger partial charge in [-0.2, -0.15) is 15.0 Å². The summed E-state index contributed by atoms with van der Waals surface area (Å²) in [4.78, 5) is 11.8. The van der Waals surface area contributed by atoms with Crippen LogP contribution in [-0.2, 0) is 0 Å². The zero-order valence-electron chi connectivity index (χ0n) is 7.86. The number of anilines is 2. The van der Waals surface area contributed by atoms with Crippen molar-refractivity contribution in [1.82, 2.24) is 25.8 Å². The van der Waals surface area contributed by atoms with Gasteiger partial charge in [0.25, 0.3) is 0 Å². The van der Waals surface area contributed by atoms with Crippen LogP contribution in [-0.4, -0.2) is 21.5 Å². The molecule has 1 saturated heterocycles. The fourth-order valence-corrected chi connectivity index (χ4v) is 1.48. The Morgan fingerprint density at radius 3 is 2.36 bits per heavy atom. The van der Waals surface area contributed by atoms with E-state index in [4.69, 9.17) is 11.5 Å². The second-order valence-electron chi connectivity index (χ2n) is 3.39. The van der Waals surface area contributed by atoms with Crippen molar-refractivity contribution in [3.05, 3.63) is 5.82 Å². The van der Waals surface area contributed by atoms with Gasteiger partial charge in [-0.15, -0.1) is 0 Å². The zero-order valence-corrected chi connectivity index (χ0v) is 7.86. The molecule has 1 aromatic rings. The first-order valence-corrected chi connectivity index (χ1v) is 4.42. The minimum absolute atomic E-state index is 0.0441. The lowest BCUT2D eigenvalue weighted by Gasteiger charge is -2.12. The minimum Gasteiger partial charge on any atom is -0.368 e. The van der Waals surface area contributed by atoms with Gasteiger partial charge in [0, 0.05) is 6.54 Å². The summed E-state index contributed by atoms with van der Waals surface area (Å²) in [6, 6.07) is 0.0441. The van der Waals surface area contributed by atoms with E-state index >= 15 is 0 Å². The van der Waals surface area contributed by atoms with Crippen molar-refractivity contribution < 1.29 is 0 Å². The van der Waals surface area contributed by atoms with Crippen molar-refractivity contribution in [2.75, 3.05) is 18.0 Å². The van der Waals surface area contributed by atoms with E-state index in [1.54, 1.807) is 0 Å². The highest BCUT2D eigenvalue weighted by molar-refractivity contribution is 5.27. The number of hydrogen-bond donors (Lipinski definition) is 4. The number of nitrogens with zero attached hydrogens (tertiary/aromatic N) is 3. The predicted octanol–water partition coefficient (Wildman–Crippen LogP) is -1.18. The largest absolute Gasteiger partial charge is 0.368 e. The maximum Gasteiger partial charge on any atom is 0.225 e. The van der Waals surface area contributed by atoms with Crippen molar-refractivity contribution in [1.29, 1.82) is 0 Å². The van der Waals surface area contributed by atoms with Gasteiger partial charge in [-0.3, -0.25) is 5.43 Å². The highest BCUT2D eigenvalue weighted by Crippen LogP contribution is 2.21. The van der Waals surface area contributed by atoms with E-state index in [0.717, 1.165) is 6.54 Å². The second-order valence-corrected chi connectivity index (χ2v) is 3.39. The lowest BCUT2D eigenvalue weighted by atomic mass is 10.0. The zero-order chi connectivity index (χ0) is 10.1. The maximum absolute atomic E-state index is 5.48. The van der Waals surface area contributed by atoms with Gasteiger partial charge in [0.2, 0.25) is 11.9 Å². The number of aromatic nitrogens is 3. The highest BCUT2D eigenvalue weighted by atomic mass is 15.4. The van der Waals surface area contributed by atoms with Crippen molar-refractivity contribution in [2.24, 2.45) is 5.92 Å². The summed E-state index contributed by atoms with van der Waals surface area (Å²) in [6.45, 7) is 2.96. The molecular weight excluding hydrogens is 182 g/mol. The van der Waals surface area contributed by atoms with Gasteiger partial charge in [0.05, 0.1) is 6.04 Å². The molecule has 2 heterocycles. The van der Waals surface area contributed by atoms with E-state index in [0.29, 0.717) is 11.7 Å². The molecule has 14 heavy (non-hydrogen) atoms.